The van der Waals surface area contributed by atoms with Crippen LogP contribution >= 0.6 is 0 Å². The molecule has 108 valence electrons. The molecule has 0 saturated heterocycles. The first-order chi connectivity index (χ1) is 8.84. The lowest BCUT2D eigenvalue weighted by Gasteiger charge is -2.22. The first-order valence-electron chi connectivity index (χ1n) is 6.64. The van der Waals surface area contributed by atoms with Crippen LogP contribution in [0.4, 0.5) is 8.78 Å². The Labute approximate surface area is 113 Å². The van der Waals surface area contributed by atoms with E-state index in [1.807, 2.05) is 20.8 Å². The molecule has 2 N–H and O–H groups in total. The molecule has 1 aromatic carbocycles. The molecule has 0 aliphatic rings. The number of aliphatic hydroxyl groups is 1. The molecular formula is C15H23F2NO. The van der Waals surface area contributed by atoms with Gasteiger partial charge in [0.1, 0.15) is 11.6 Å². The van der Waals surface area contributed by atoms with Crippen LogP contribution < -0.4 is 5.32 Å². The monoisotopic (exact) mass is 271 g/mol. The van der Waals surface area contributed by atoms with Gasteiger partial charge in [0.25, 0.3) is 0 Å². The molecule has 0 saturated carbocycles. The van der Waals surface area contributed by atoms with E-state index in [2.05, 4.69) is 5.32 Å². The van der Waals surface area contributed by atoms with E-state index in [1.165, 1.54) is 12.1 Å². The molecule has 0 radical (unpaired) electrons. The van der Waals surface area contributed by atoms with E-state index in [-0.39, 0.29) is 18.1 Å². The third kappa shape index (κ3) is 5.66. The minimum absolute atomic E-state index is 0.0735. The van der Waals surface area contributed by atoms with Crippen LogP contribution in [0.25, 0.3) is 0 Å². The van der Waals surface area contributed by atoms with Gasteiger partial charge in [0.2, 0.25) is 0 Å². The summed E-state index contributed by atoms with van der Waals surface area (Å²) in [5.41, 5.74) is 0.537. The highest BCUT2D eigenvalue weighted by atomic mass is 19.1. The Balaban J connectivity index is 2.41. The maximum absolute atomic E-state index is 13.1. The van der Waals surface area contributed by atoms with E-state index < -0.39 is 11.6 Å². The van der Waals surface area contributed by atoms with Gasteiger partial charge in [0, 0.05) is 18.7 Å². The average molecular weight is 271 g/mol. The van der Waals surface area contributed by atoms with Crippen molar-refractivity contribution in [3.8, 4) is 0 Å². The highest BCUT2D eigenvalue weighted by molar-refractivity contribution is 5.20. The Kier molecular flexibility index (Phi) is 5.88. The van der Waals surface area contributed by atoms with Crippen molar-refractivity contribution in [3.63, 3.8) is 0 Å². The van der Waals surface area contributed by atoms with Crippen molar-refractivity contribution >= 4 is 0 Å². The fourth-order valence-corrected chi connectivity index (χ4v) is 1.91. The third-order valence-electron chi connectivity index (χ3n) is 3.29. The van der Waals surface area contributed by atoms with Crippen molar-refractivity contribution in [2.75, 3.05) is 13.2 Å². The van der Waals surface area contributed by atoms with Gasteiger partial charge >= 0.3 is 0 Å². The Hall–Kier alpha value is -1.00. The van der Waals surface area contributed by atoms with Gasteiger partial charge < -0.3 is 10.4 Å². The van der Waals surface area contributed by atoms with Crippen molar-refractivity contribution in [3.05, 3.63) is 35.4 Å². The largest absolute Gasteiger partial charge is 0.396 e. The van der Waals surface area contributed by atoms with Gasteiger partial charge in [0.15, 0.2) is 0 Å². The fourth-order valence-electron chi connectivity index (χ4n) is 1.91. The Bertz CT molecular complexity index is 387. The summed E-state index contributed by atoms with van der Waals surface area (Å²) < 4.78 is 26.2. The van der Waals surface area contributed by atoms with Crippen LogP contribution in [0.3, 0.4) is 0 Å². The summed E-state index contributed by atoms with van der Waals surface area (Å²) in [6, 6.07) is 3.47. The zero-order valence-corrected chi connectivity index (χ0v) is 11.8. The fraction of sp³-hybridized carbons (Fsp3) is 0.600. The molecule has 0 amide bonds. The lowest BCUT2D eigenvalue weighted by molar-refractivity contribution is 0.147. The Morgan fingerprint density at radius 1 is 1.21 bits per heavy atom. The zero-order chi connectivity index (χ0) is 14.5. The summed E-state index contributed by atoms with van der Waals surface area (Å²) in [7, 11) is 0. The Morgan fingerprint density at radius 3 is 2.32 bits per heavy atom. The minimum Gasteiger partial charge on any atom is -0.396 e. The molecular weight excluding hydrogens is 248 g/mol. The van der Waals surface area contributed by atoms with Gasteiger partial charge in [-0.25, -0.2) is 8.78 Å². The predicted molar refractivity (Wildman–Crippen MR) is 72.9 cm³/mol. The van der Waals surface area contributed by atoms with Gasteiger partial charge in [-0.2, -0.15) is 0 Å². The van der Waals surface area contributed by atoms with Crippen molar-refractivity contribution in [2.45, 2.75) is 39.7 Å². The smallest absolute Gasteiger partial charge is 0.126 e. The second-order valence-electron chi connectivity index (χ2n) is 5.80. The van der Waals surface area contributed by atoms with E-state index in [0.29, 0.717) is 5.56 Å². The second kappa shape index (κ2) is 6.96. The summed E-state index contributed by atoms with van der Waals surface area (Å²) in [5.74, 6) is -1.10. The van der Waals surface area contributed by atoms with Crippen LogP contribution in [0.1, 0.15) is 45.2 Å². The number of hydrogen-bond acceptors (Lipinski definition) is 2. The predicted octanol–water partition coefficient (Wildman–Crippen LogP) is 3.41. The van der Waals surface area contributed by atoms with E-state index in [9.17, 15) is 8.78 Å². The van der Waals surface area contributed by atoms with Crippen molar-refractivity contribution in [1.82, 2.24) is 5.32 Å². The van der Waals surface area contributed by atoms with E-state index in [1.54, 1.807) is 0 Å². The summed E-state index contributed by atoms with van der Waals surface area (Å²) in [4.78, 5) is 0. The highest BCUT2D eigenvalue weighted by Gasteiger charge is 2.15. The normalized spacial score (nSPS) is 13.6. The zero-order valence-electron chi connectivity index (χ0n) is 11.8. The van der Waals surface area contributed by atoms with Crippen molar-refractivity contribution in [1.29, 1.82) is 0 Å². The van der Waals surface area contributed by atoms with E-state index in [4.69, 9.17) is 5.11 Å². The maximum atomic E-state index is 13.1. The molecule has 0 aromatic heterocycles. The topological polar surface area (TPSA) is 32.3 Å². The molecule has 0 heterocycles. The molecule has 1 rings (SSSR count). The molecule has 4 heteroatoms. The lowest BCUT2D eigenvalue weighted by atomic mass is 9.89. The van der Waals surface area contributed by atoms with Crippen molar-refractivity contribution in [2.24, 2.45) is 5.41 Å². The van der Waals surface area contributed by atoms with Gasteiger partial charge in [-0.3, -0.25) is 0 Å². The summed E-state index contributed by atoms with van der Waals surface area (Å²) in [5, 5.41) is 12.4. The summed E-state index contributed by atoms with van der Waals surface area (Å²) in [6.45, 7) is 6.82. The second-order valence-corrected chi connectivity index (χ2v) is 5.80. The molecule has 0 aliphatic heterocycles. The quantitative estimate of drug-likeness (QED) is 0.745. The minimum atomic E-state index is -0.551. The van der Waals surface area contributed by atoms with Crippen LogP contribution in [0, 0.1) is 17.0 Å². The lowest BCUT2D eigenvalue weighted by Crippen LogP contribution is -2.23. The maximum Gasteiger partial charge on any atom is 0.126 e. The van der Waals surface area contributed by atoms with Gasteiger partial charge in [-0.05, 0) is 49.4 Å². The molecule has 0 fully saturated rings. The number of benzene rings is 1. The molecule has 0 aliphatic carbocycles. The summed E-state index contributed by atoms with van der Waals surface area (Å²) in [6.07, 6.45) is 1.82. The summed E-state index contributed by atoms with van der Waals surface area (Å²) >= 11 is 0. The molecule has 2 nitrogen and oxygen atoms in total. The number of hydrogen-bond donors (Lipinski definition) is 2. The van der Waals surface area contributed by atoms with Crippen LogP contribution in [0.2, 0.25) is 0 Å². The molecule has 19 heavy (non-hydrogen) atoms. The SMILES string of the molecule is CC(NCCCC(C)(C)CO)c1cc(F)cc(F)c1. The van der Waals surface area contributed by atoms with Crippen LogP contribution in [0.5, 0.6) is 0 Å². The number of rotatable bonds is 7. The highest BCUT2D eigenvalue weighted by Crippen LogP contribution is 2.21. The number of aliphatic hydroxyl groups excluding tert-OH is 1. The van der Waals surface area contributed by atoms with Gasteiger partial charge in [-0.15, -0.1) is 0 Å². The first kappa shape index (κ1) is 16.1. The van der Waals surface area contributed by atoms with Gasteiger partial charge in [-0.1, -0.05) is 13.8 Å². The first-order valence-corrected chi connectivity index (χ1v) is 6.64. The van der Waals surface area contributed by atoms with Crippen molar-refractivity contribution < 1.29 is 13.9 Å². The number of halogens is 2. The van der Waals surface area contributed by atoms with Crippen LogP contribution in [-0.4, -0.2) is 18.3 Å². The Morgan fingerprint density at radius 2 is 1.79 bits per heavy atom. The number of nitrogens with one attached hydrogen (secondary N) is 1. The van der Waals surface area contributed by atoms with E-state index in [0.717, 1.165) is 25.5 Å². The molecule has 0 spiro atoms. The van der Waals surface area contributed by atoms with Gasteiger partial charge in [0.05, 0.1) is 0 Å². The molecule has 1 unspecified atom stereocenters. The van der Waals surface area contributed by atoms with Crippen LogP contribution in [0.15, 0.2) is 18.2 Å². The van der Waals surface area contributed by atoms with Crippen LogP contribution in [-0.2, 0) is 0 Å². The molecule has 1 aromatic rings. The average Bonchev–Trinajstić information content (AvgIpc) is 2.33. The molecule has 1 atom stereocenters. The molecule has 0 bridgehead atoms. The van der Waals surface area contributed by atoms with E-state index >= 15 is 0 Å². The standard InChI is InChI=1S/C15H23F2NO/c1-11(12-7-13(16)9-14(17)8-12)18-6-4-5-15(2,3)10-19/h7-9,11,18-19H,4-6,10H2,1-3H3. The third-order valence-corrected chi connectivity index (χ3v) is 3.29.